The van der Waals surface area contributed by atoms with Gasteiger partial charge >= 0.3 is 5.97 Å². The Hall–Kier alpha value is -4.00. The quantitative estimate of drug-likeness (QED) is 0.523. The van der Waals surface area contributed by atoms with Gasteiger partial charge in [0.05, 0.1) is 11.3 Å². The second-order valence-corrected chi connectivity index (χ2v) is 6.88. The van der Waals surface area contributed by atoms with Gasteiger partial charge < -0.3 is 14.5 Å². The summed E-state index contributed by atoms with van der Waals surface area (Å²) in [6, 6.07) is 14.3. The van der Waals surface area contributed by atoms with E-state index in [0.717, 1.165) is 0 Å². The van der Waals surface area contributed by atoms with Crippen LogP contribution in [0.3, 0.4) is 0 Å². The highest BCUT2D eigenvalue weighted by Crippen LogP contribution is 2.32. The summed E-state index contributed by atoms with van der Waals surface area (Å²) >= 11 is 0. The molecule has 30 heavy (non-hydrogen) atoms. The summed E-state index contributed by atoms with van der Waals surface area (Å²) in [5, 5.41) is 2.59. The second-order valence-electron chi connectivity index (χ2n) is 6.88. The number of benzene rings is 2. The van der Waals surface area contributed by atoms with E-state index in [0.29, 0.717) is 11.3 Å². The number of esters is 1. The van der Waals surface area contributed by atoms with Gasteiger partial charge in [0.2, 0.25) is 5.76 Å². The van der Waals surface area contributed by atoms with Crippen LogP contribution in [0.1, 0.15) is 55.1 Å². The fourth-order valence-electron chi connectivity index (χ4n) is 3.30. The molecular weight excluding hydrogens is 386 g/mol. The molecule has 1 aromatic heterocycles. The van der Waals surface area contributed by atoms with Gasteiger partial charge in [-0.2, -0.15) is 0 Å². The fraction of sp³-hybridized carbons (Fsp3) is 0.130. The molecule has 1 atom stereocenters. The maximum atomic E-state index is 13.0. The van der Waals surface area contributed by atoms with Crippen molar-refractivity contribution in [3.63, 3.8) is 0 Å². The standard InChI is InChI=1S/C23H17NO6/c1-12-10-11-18(29-12)23(28)30-13(2)22(27)24-17-9-5-8-16-19(17)21(26)15-7-4-3-6-14(15)20(16)25/h3-11,13H,1-2H3,(H,24,27). The van der Waals surface area contributed by atoms with Crippen molar-refractivity contribution in [2.45, 2.75) is 20.0 Å². The monoisotopic (exact) mass is 403 g/mol. The Morgan fingerprint density at radius 3 is 2.23 bits per heavy atom. The Balaban J connectivity index is 1.57. The highest BCUT2D eigenvalue weighted by molar-refractivity contribution is 6.30. The zero-order valence-corrected chi connectivity index (χ0v) is 16.2. The highest BCUT2D eigenvalue weighted by Gasteiger charge is 2.32. The SMILES string of the molecule is Cc1ccc(C(=O)OC(C)C(=O)Nc2cccc3c2C(=O)c2ccccc2C3=O)o1. The first-order chi connectivity index (χ1) is 14.4. The van der Waals surface area contributed by atoms with E-state index in [1.54, 1.807) is 49.4 Å². The van der Waals surface area contributed by atoms with Gasteiger partial charge in [0.25, 0.3) is 5.91 Å². The number of ether oxygens (including phenoxy) is 1. The highest BCUT2D eigenvalue weighted by atomic mass is 16.6. The lowest BCUT2D eigenvalue weighted by Gasteiger charge is -2.21. The summed E-state index contributed by atoms with van der Waals surface area (Å²) in [5.41, 5.74) is 1.13. The van der Waals surface area contributed by atoms with Crippen LogP contribution in [0.2, 0.25) is 0 Å². The maximum absolute atomic E-state index is 13.0. The number of hydrogen-bond acceptors (Lipinski definition) is 6. The molecule has 7 heteroatoms. The van der Waals surface area contributed by atoms with Crippen molar-refractivity contribution in [3.05, 3.63) is 88.4 Å². The van der Waals surface area contributed by atoms with Gasteiger partial charge in [-0.25, -0.2) is 4.79 Å². The third-order valence-electron chi connectivity index (χ3n) is 4.80. The van der Waals surface area contributed by atoms with Crippen molar-refractivity contribution in [2.24, 2.45) is 0 Å². The number of hydrogen-bond donors (Lipinski definition) is 1. The second kappa shape index (κ2) is 7.44. The molecule has 0 bridgehead atoms. The number of fused-ring (bicyclic) bond motifs is 2. The van der Waals surface area contributed by atoms with Crippen molar-refractivity contribution in [1.29, 1.82) is 0 Å². The number of aryl methyl sites for hydroxylation is 1. The molecule has 0 fully saturated rings. The first kappa shape index (κ1) is 19.3. The van der Waals surface area contributed by atoms with Gasteiger partial charge in [-0.3, -0.25) is 14.4 Å². The molecular formula is C23H17NO6. The lowest BCUT2D eigenvalue weighted by Crippen LogP contribution is -2.31. The molecule has 1 aliphatic rings. The van der Waals surface area contributed by atoms with Gasteiger partial charge in [0, 0.05) is 16.7 Å². The minimum Gasteiger partial charge on any atom is -0.454 e. The third kappa shape index (κ3) is 3.30. The molecule has 1 N–H and O–H groups in total. The van der Waals surface area contributed by atoms with Crippen molar-refractivity contribution in [3.8, 4) is 0 Å². The number of carbonyl (C=O) groups excluding carboxylic acids is 4. The molecule has 0 saturated heterocycles. The van der Waals surface area contributed by atoms with Gasteiger partial charge in [-0.05, 0) is 32.0 Å². The van der Waals surface area contributed by atoms with E-state index in [9.17, 15) is 19.2 Å². The van der Waals surface area contributed by atoms with Crippen LogP contribution in [0, 0.1) is 6.92 Å². The fourth-order valence-corrected chi connectivity index (χ4v) is 3.30. The minimum atomic E-state index is -1.15. The van der Waals surface area contributed by atoms with E-state index in [4.69, 9.17) is 9.15 Å². The van der Waals surface area contributed by atoms with Crippen LogP contribution in [0.15, 0.2) is 59.0 Å². The number of furan rings is 1. The van der Waals surface area contributed by atoms with Crippen LogP contribution in [0.25, 0.3) is 0 Å². The van der Waals surface area contributed by atoms with Crippen LogP contribution < -0.4 is 5.32 Å². The van der Waals surface area contributed by atoms with E-state index in [1.165, 1.54) is 19.1 Å². The first-order valence-corrected chi connectivity index (χ1v) is 9.26. The Bertz CT molecular complexity index is 1210. The van der Waals surface area contributed by atoms with Crippen LogP contribution in [-0.2, 0) is 9.53 Å². The first-order valence-electron chi connectivity index (χ1n) is 9.26. The van der Waals surface area contributed by atoms with Gasteiger partial charge in [-0.15, -0.1) is 0 Å². The summed E-state index contributed by atoms with van der Waals surface area (Å²) in [5.74, 6) is -1.53. The minimum absolute atomic E-state index is 0.0124. The Morgan fingerprint density at radius 2 is 1.57 bits per heavy atom. The largest absolute Gasteiger partial charge is 0.454 e. The Labute approximate surface area is 171 Å². The third-order valence-corrected chi connectivity index (χ3v) is 4.80. The lowest BCUT2D eigenvalue weighted by molar-refractivity contribution is -0.123. The molecule has 7 nitrogen and oxygen atoms in total. The molecule has 1 amide bonds. The van der Waals surface area contributed by atoms with E-state index in [1.807, 2.05) is 0 Å². The molecule has 0 spiro atoms. The number of rotatable bonds is 4. The number of nitrogens with one attached hydrogen (secondary N) is 1. The van der Waals surface area contributed by atoms with Crippen molar-refractivity contribution in [1.82, 2.24) is 0 Å². The van der Waals surface area contributed by atoms with Crippen LogP contribution in [0.5, 0.6) is 0 Å². The van der Waals surface area contributed by atoms with E-state index in [2.05, 4.69) is 5.32 Å². The molecule has 1 unspecified atom stereocenters. The molecule has 2 aromatic carbocycles. The van der Waals surface area contributed by atoms with Crippen molar-refractivity contribution in [2.75, 3.05) is 5.32 Å². The molecule has 0 saturated carbocycles. The van der Waals surface area contributed by atoms with Crippen LogP contribution in [-0.4, -0.2) is 29.5 Å². The van der Waals surface area contributed by atoms with Gasteiger partial charge in [-0.1, -0.05) is 36.4 Å². The van der Waals surface area contributed by atoms with Crippen LogP contribution >= 0.6 is 0 Å². The number of anilines is 1. The van der Waals surface area contributed by atoms with Gasteiger partial charge in [0.1, 0.15) is 5.76 Å². The smallest absolute Gasteiger partial charge is 0.375 e. The number of ketones is 2. The normalized spacial score (nSPS) is 13.3. The van der Waals surface area contributed by atoms with E-state index >= 15 is 0 Å². The maximum Gasteiger partial charge on any atom is 0.375 e. The van der Waals surface area contributed by atoms with E-state index in [-0.39, 0.29) is 39.7 Å². The van der Waals surface area contributed by atoms with Crippen molar-refractivity contribution >= 4 is 29.1 Å². The molecule has 0 radical (unpaired) electrons. The summed E-state index contributed by atoms with van der Waals surface area (Å²) in [7, 11) is 0. The summed E-state index contributed by atoms with van der Waals surface area (Å²) in [6.45, 7) is 3.09. The zero-order chi connectivity index (χ0) is 21.4. The predicted molar refractivity (Wildman–Crippen MR) is 107 cm³/mol. The van der Waals surface area contributed by atoms with Crippen molar-refractivity contribution < 1.29 is 28.3 Å². The average molecular weight is 403 g/mol. The topological polar surface area (TPSA) is 103 Å². The summed E-state index contributed by atoms with van der Waals surface area (Å²) < 4.78 is 10.3. The molecule has 3 aromatic rings. The lowest BCUT2D eigenvalue weighted by atomic mass is 9.83. The predicted octanol–water partition coefficient (Wildman–Crippen LogP) is 3.55. The Morgan fingerprint density at radius 1 is 0.900 bits per heavy atom. The average Bonchev–Trinajstić information content (AvgIpc) is 3.18. The molecule has 0 aliphatic heterocycles. The zero-order valence-electron chi connectivity index (χ0n) is 16.2. The van der Waals surface area contributed by atoms with Gasteiger partial charge in [0.15, 0.2) is 17.7 Å². The molecule has 4 rings (SSSR count). The van der Waals surface area contributed by atoms with E-state index < -0.39 is 18.0 Å². The number of amides is 1. The number of carbonyl (C=O) groups is 4. The molecule has 1 aliphatic carbocycles. The molecule has 150 valence electrons. The summed E-state index contributed by atoms with van der Waals surface area (Å²) in [6.07, 6.45) is -1.15. The summed E-state index contributed by atoms with van der Waals surface area (Å²) in [4.78, 5) is 50.5. The van der Waals surface area contributed by atoms with Crippen LogP contribution in [0.4, 0.5) is 5.69 Å². The Kier molecular flexibility index (Phi) is 4.79. The molecule has 1 heterocycles.